The number of nitrogens with one attached hydrogen (secondary N) is 1. The number of nitrogens with two attached hydrogens (primary N) is 1. The molecule has 2 aromatic rings. The summed E-state index contributed by atoms with van der Waals surface area (Å²) < 4.78 is 0. The Kier molecular flexibility index (Phi) is 4.00. The van der Waals surface area contributed by atoms with Crippen LogP contribution in [-0.4, -0.2) is 52.4 Å². The van der Waals surface area contributed by atoms with Crippen LogP contribution in [0.4, 0.5) is 5.82 Å². The van der Waals surface area contributed by atoms with E-state index in [1.807, 2.05) is 18.5 Å². The molecule has 0 aromatic carbocycles. The molecule has 0 spiro atoms. The number of aromatic nitrogens is 2. The second-order valence-electron chi connectivity index (χ2n) is 5.15. The molecule has 0 atom stereocenters. The smallest absolute Gasteiger partial charge is 0.236 e. The summed E-state index contributed by atoms with van der Waals surface area (Å²) in [6.45, 7) is 2.64. The molecule has 1 amide bonds. The molecule has 0 aliphatic carbocycles. The number of nitrogen functional groups attached to an aromatic ring is 1. The Bertz CT molecular complexity index is 657. The first kappa shape index (κ1) is 14.2. The topological polar surface area (TPSA) is 87.4 Å². The molecule has 0 unspecified atom stereocenters. The van der Waals surface area contributed by atoms with Crippen LogP contribution in [0.2, 0.25) is 0 Å². The molecular weight excluding hydrogens is 288 g/mol. The third-order valence-electron chi connectivity index (χ3n) is 3.63. The fourth-order valence-corrected chi connectivity index (χ4v) is 3.25. The quantitative estimate of drug-likeness (QED) is 0.639. The molecule has 3 rings (SSSR count). The lowest BCUT2D eigenvalue weighted by molar-refractivity contribution is -0.130. The highest BCUT2D eigenvalue weighted by Crippen LogP contribution is 2.24. The maximum atomic E-state index is 11.9. The van der Waals surface area contributed by atoms with Crippen LogP contribution in [0.15, 0.2) is 11.4 Å². The molecule has 0 saturated carbocycles. The van der Waals surface area contributed by atoms with Crippen LogP contribution in [0.3, 0.4) is 0 Å². The number of rotatable bonds is 3. The molecule has 3 heterocycles. The summed E-state index contributed by atoms with van der Waals surface area (Å²) in [5.41, 5.74) is 2.62. The van der Waals surface area contributed by atoms with Gasteiger partial charge in [0, 0.05) is 20.1 Å². The zero-order valence-corrected chi connectivity index (χ0v) is 12.7. The maximum Gasteiger partial charge on any atom is 0.236 e. The Morgan fingerprint density at radius 3 is 3.10 bits per heavy atom. The van der Waals surface area contributed by atoms with Gasteiger partial charge >= 0.3 is 0 Å². The van der Waals surface area contributed by atoms with Gasteiger partial charge in [-0.15, -0.1) is 11.3 Å². The number of hydrogen-bond acceptors (Lipinski definition) is 7. The van der Waals surface area contributed by atoms with Crippen molar-refractivity contribution in [3.63, 3.8) is 0 Å². The highest BCUT2D eigenvalue weighted by molar-refractivity contribution is 7.16. The van der Waals surface area contributed by atoms with Gasteiger partial charge in [0.1, 0.15) is 10.7 Å². The van der Waals surface area contributed by atoms with E-state index in [1.165, 1.54) is 0 Å². The normalized spacial score (nSPS) is 17.2. The van der Waals surface area contributed by atoms with Crippen molar-refractivity contribution in [1.29, 1.82) is 0 Å². The predicted octanol–water partition coefficient (Wildman–Crippen LogP) is 0.641. The van der Waals surface area contributed by atoms with Crippen LogP contribution in [0.1, 0.15) is 12.2 Å². The van der Waals surface area contributed by atoms with Crippen molar-refractivity contribution < 1.29 is 4.79 Å². The summed E-state index contributed by atoms with van der Waals surface area (Å²) in [4.78, 5) is 25.7. The SMILES string of the molecule is CN1CCCN(Cc2nc(NN)c3ccsc3n2)CC1=O. The summed E-state index contributed by atoms with van der Waals surface area (Å²) in [6, 6.07) is 1.95. The summed E-state index contributed by atoms with van der Waals surface area (Å²) in [5.74, 6) is 7.00. The van der Waals surface area contributed by atoms with Crippen LogP contribution in [0, 0.1) is 0 Å². The van der Waals surface area contributed by atoms with Gasteiger partial charge < -0.3 is 10.3 Å². The second kappa shape index (κ2) is 5.92. The second-order valence-corrected chi connectivity index (χ2v) is 6.05. The van der Waals surface area contributed by atoms with Crippen molar-refractivity contribution in [3.8, 4) is 0 Å². The van der Waals surface area contributed by atoms with E-state index in [4.69, 9.17) is 5.84 Å². The zero-order chi connectivity index (χ0) is 14.8. The van der Waals surface area contributed by atoms with Crippen LogP contribution in [-0.2, 0) is 11.3 Å². The molecule has 3 N–H and O–H groups in total. The van der Waals surface area contributed by atoms with Crippen molar-refractivity contribution in [1.82, 2.24) is 19.8 Å². The maximum absolute atomic E-state index is 11.9. The Labute approximate surface area is 126 Å². The standard InChI is InChI=1S/C13H18N6OS/c1-18-4-2-5-19(8-11(18)20)7-10-15-12(17-14)9-3-6-21-13(9)16-10/h3,6H,2,4-5,7-8,14H2,1H3,(H,15,16,17). The number of amides is 1. The van der Waals surface area contributed by atoms with Crippen molar-refractivity contribution >= 4 is 33.3 Å². The van der Waals surface area contributed by atoms with Gasteiger partial charge in [-0.05, 0) is 17.9 Å². The summed E-state index contributed by atoms with van der Waals surface area (Å²) in [6.07, 6.45) is 0.964. The van der Waals surface area contributed by atoms with Crippen molar-refractivity contribution in [3.05, 3.63) is 17.3 Å². The molecule has 1 aliphatic heterocycles. The lowest BCUT2D eigenvalue weighted by Crippen LogP contribution is -2.34. The fraction of sp³-hybridized carbons (Fsp3) is 0.462. The first-order valence-electron chi connectivity index (χ1n) is 6.84. The molecule has 21 heavy (non-hydrogen) atoms. The first-order chi connectivity index (χ1) is 10.2. The molecule has 1 fully saturated rings. The Morgan fingerprint density at radius 1 is 1.43 bits per heavy atom. The Morgan fingerprint density at radius 2 is 2.29 bits per heavy atom. The van der Waals surface area contributed by atoms with Gasteiger partial charge in [0.05, 0.1) is 18.5 Å². The van der Waals surface area contributed by atoms with Crippen molar-refractivity contribution in [2.24, 2.45) is 5.84 Å². The van der Waals surface area contributed by atoms with Crippen molar-refractivity contribution in [2.45, 2.75) is 13.0 Å². The largest absolute Gasteiger partial charge is 0.345 e. The molecule has 112 valence electrons. The lowest BCUT2D eigenvalue weighted by Gasteiger charge is -2.18. The van der Waals surface area contributed by atoms with E-state index in [-0.39, 0.29) is 5.91 Å². The minimum atomic E-state index is 0.141. The zero-order valence-electron chi connectivity index (χ0n) is 11.9. The van der Waals surface area contributed by atoms with Crippen LogP contribution in [0.25, 0.3) is 10.2 Å². The molecule has 8 heteroatoms. The Hall–Kier alpha value is -1.77. The van der Waals surface area contributed by atoms with E-state index < -0.39 is 0 Å². The molecule has 7 nitrogen and oxygen atoms in total. The molecular formula is C13H18N6OS. The molecule has 1 saturated heterocycles. The van der Waals surface area contributed by atoms with Gasteiger partial charge in [-0.1, -0.05) is 0 Å². The van der Waals surface area contributed by atoms with Crippen LogP contribution in [0.5, 0.6) is 0 Å². The molecule has 1 aliphatic rings. The fourth-order valence-electron chi connectivity index (χ4n) is 2.46. The molecule has 2 aromatic heterocycles. The van der Waals surface area contributed by atoms with Gasteiger partial charge in [0.15, 0.2) is 5.82 Å². The van der Waals surface area contributed by atoms with E-state index >= 15 is 0 Å². The third-order valence-corrected chi connectivity index (χ3v) is 4.43. The summed E-state index contributed by atoms with van der Waals surface area (Å²) in [7, 11) is 1.84. The van der Waals surface area contributed by atoms with Crippen LogP contribution < -0.4 is 11.3 Å². The van der Waals surface area contributed by atoms with Crippen molar-refractivity contribution in [2.75, 3.05) is 32.1 Å². The number of carbonyl (C=O) groups is 1. The van der Waals surface area contributed by atoms with Crippen LogP contribution >= 0.6 is 11.3 Å². The van der Waals surface area contributed by atoms with Gasteiger partial charge in [0.25, 0.3) is 0 Å². The van der Waals surface area contributed by atoms with E-state index in [9.17, 15) is 4.79 Å². The number of anilines is 1. The summed E-state index contributed by atoms with van der Waals surface area (Å²) >= 11 is 1.56. The number of carbonyl (C=O) groups excluding carboxylic acids is 1. The van der Waals surface area contributed by atoms with E-state index in [0.29, 0.717) is 24.7 Å². The number of likely N-dealkylation sites (N-methyl/N-ethyl adjacent to an activating group) is 1. The number of fused-ring (bicyclic) bond motifs is 1. The first-order valence-corrected chi connectivity index (χ1v) is 7.72. The molecule has 0 radical (unpaired) electrons. The van der Waals surface area contributed by atoms with Gasteiger partial charge in [0.2, 0.25) is 5.91 Å². The third kappa shape index (κ3) is 2.97. The number of thiophene rings is 1. The number of hydrogen-bond donors (Lipinski definition) is 2. The highest BCUT2D eigenvalue weighted by atomic mass is 32.1. The lowest BCUT2D eigenvalue weighted by atomic mass is 10.3. The van der Waals surface area contributed by atoms with Gasteiger partial charge in [-0.25, -0.2) is 15.8 Å². The van der Waals surface area contributed by atoms with Gasteiger partial charge in [-0.3, -0.25) is 9.69 Å². The minimum absolute atomic E-state index is 0.141. The van der Waals surface area contributed by atoms with E-state index in [0.717, 1.165) is 29.7 Å². The number of nitrogens with zero attached hydrogens (tertiary/aromatic N) is 4. The average molecular weight is 306 g/mol. The van der Waals surface area contributed by atoms with E-state index in [1.54, 1.807) is 16.2 Å². The summed E-state index contributed by atoms with van der Waals surface area (Å²) in [5, 5.41) is 2.90. The van der Waals surface area contributed by atoms with E-state index in [2.05, 4.69) is 20.3 Å². The predicted molar refractivity (Wildman–Crippen MR) is 82.8 cm³/mol. The number of hydrazine groups is 1. The average Bonchev–Trinajstić information content (AvgIpc) is 2.88. The highest BCUT2D eigenvalue weighted by Gasteiger charge is 2.20. The van der Waals surface area contributed by atoms with Gasteiger partial charge in [-0.2, -0.15) is 0 Å². The minimum Gasteiger partial charge on any atom is -0.345 e. The molecule has 0 bridgehead atoms. The monoisotopic (exact) mass is 306 g/mol. The Balaban J connectivity index is 1.82.